The van der Waals surface area contributed by atoms with Crippen LogP contribution in [0.25, 0.3) is 53.3 Å². The van der Waals surface area contributed by atoms with Gasteiger partial charge in [-0.3, -0.25) is 4.98 Å². The van der Waals surface area contributed by atoms with E-state index >= 15 is 0 Å². The van der Waals surface area contributed by atoms with E-state index in [4.69, 9.17) is 4.98 Å². The number of rotatable bonds is 6. The van der Waals surface area contributed by atoms with Gasteiger partial charge in [0, 0.05) is 37.1 Å². The summed E-state index contributed by atoms with van der Waals surface area (Å²) in [6.07, 6.45) is 7.67. The molecule has 2 aliphatic rings. The van der Waals surface area contributed by atoms with Crippen LogP contribution in [0.4, 0.5) is 17.1 Å². The number of aromatic nitrogens is 1. The quantitative estimate of drug-likeness (QED) is 0.176. The molecule has 2 aromatic heterocycles. The van der Waals surface area contributed by atoms with Crippen LogP contribution in [0.1, 0.15) is 42.7 Å². The molecule has 2 bridgehead atoms. The minimum atomic E-state index is 0.719. The maximum absolute atomic E-state index is 5.08. The lowest BCUT2D eigenvalue weighted by Gasteiger charge is -2.28. The Bertz CT molecular complexity index is 2530. The minimum Gasteiger partial charge on any atom is -0.309 e. The Morgan fingerprint density at radius 1 is 0.580 bits per heavy atom. The highest BCUT2D eigenvalue weighted by atomic mass is 32.1. The lowest BCUT2D eigenvalue weighted by molar-refractivity contribution is 0.419. The number of hydrogen-bond acceptors (Lipinski definition) is 3. The zero-order chi connectivity index (χ0) is 33.2. The van der Waals surface area contributed by atoms with E-state index in [1.54, 1.807) is 5.56 Å². The maximum Gasteiger partial charge on any atom is 0.0703 e. The predicted molar refractivity (Wildman–Crippen MR) is 213 cm³/mol. The molecule has 0 aliphatic heterocycles. The van der Waals surface area contributed by atoms with Crippen LogP contribution in [0, 0.1) is 18.8 Å². The second-order valence-corrected chi connectivity index (χ2v) is 15.6. The first-order valence-electron chi connectivity index (χ1n) is 18.0. The highest BCUT2D eigenvalue weighted by molar-refractivity contribution is 7.25. The van der Waals surface area contributed by atoms with Crippen LogP contribution in [-0.2, 0) is 0 Å². The Kier molecular flexibility index (Phi) is 7.09. The molecule has 0 radical (unpaired) electrons. The Balaban J connectivity index is 1.02. The van der Waals surface area contributed by atoms with Gasteiger partial charge in [0.2, 0.25) is 0 Å². The maximum atomic E-state index is 5.08. The van der Waals surface area contributed by atoms with Gasteiger partial charge in [-0.25, -0.2) is 0 Å². The Labute approximate surface area is 297 Å². The van der Waals surface area contributed by atoms with Crippen molar-refractivity contribution >= 4 is 59.3 Å². The van der Waals surface area contributed by atoms with Crippen molar-refractivity contribution in [2.75, 3.05) is 4.90 Å². The second kappa shape index (κ2) is 12.0. The fourth-order valence-corrected chi connectivity index (χ4v) is 10.1. The van der Waals surface area contributed by atoms with Crippen LogP contribution in [0.5, 0.6) is 0 Å². The molecule has 242 valence electrons. The van der Waals surface area contributed by atoms with E-state index in [1.807, 2.05) is 17.5 Å². The summed E-state index contributed by atoms with van der Waals surface area (Å²) in [6.45, 7) is 2.32. The van der Waals surface area contributed by atoms with Crippen molar-refractivity contribution in [3.05, 3.63) is 157 Å². The molecule has 2 saturated carbocycles. The average Bonchev–Trinajstić information content (AvgIpc) is 3.90. The molecule has 3 atom stereocenters. The smallest absolute Gasteiger partial charge is 0.0703 e. The first-order valence-corrected chi connectivity index (χ1v) is 18.8. The lowest BCUT2D eigenvalue weighted by Crippen LogP contribution is -2.13. The molecule has 2 aliphatic carbocycles. The van der Waals surface area contributed by atoms with E-state index < -0.39 is 0 Å². The van der Waals surface area contributed by atoms with Gasteiger partial charge in [0.05, 0.1) is 17.6 Å². The van der Waals surface area contributed by atoms with Crippen LogP contribution >= 0.6 is 11.3 Å². The molecule has 0 amide bonds. The van der Waals surface area contributed by atoms with E-state index in [0.717, 1.165) is 40.4 Å². The summed E-state index contributed by atoms with van der Waals surface area (Å²) < 4.78 is 2.64. The van der Waals surface area contributed by atoms with E-state index in [9.17, 15) is 0 Å². The number of hydrogen-bond donors (Lipinski definition) is 0. The highest BCUT2D eigenvalue weighted by Crippen LogP contribution is 2.54. The molecule has 3 heteroatoms. The van der Waals surface area contributed by atoms with Crippen LogP contribution in [0.2, 0.25) is 0 Å². The monoisotopic (exact) mass is 662 g/mol. The second-order valence-electron chi connectivity index (χ2n) is 14.5. The zero-order valence-corrected chi connectivity index (χ0v) is 29.0. The predicted octanol–water partition coefficient (Wildman–Crippen LogP) is 13.6. The van der Waals surface area contributed by atoms with E-state index in [-0.39, 0.29) is 0 Å². The number of nitrogens with zero attached hydrogens (tertiary/aromatic N) is 2. The molecule has 3 unspecified atom stereocenters. The first kappa shape index (κ1) is 29.6. The standard InChI is InChI=1S/C47H38N2S/c1-30-24-39(19-21-41(30)43-26-31-10-11-36(43)25-31)49(38-17-14-33(15-18-38)35-13-12-32-6-2-3-7-34(32)27-35)40-20-22-45(48-29-40)37-16-23-47-44(28-37)42-8-4-5-9-46(42)50-47/h2-9,12-24,27-29,31,36,43H,10-11,25-26H2,1H3. The largest absolute Gasteiger partial charge is 0.309 e. The normalized spacial score (nSPS) is 18.4. The van der Waals surface area contributed by atoms with Gasteiger partial charge in [-0.05, 0) is 138 Å². The van der Waals surface area contributed by atoms with Gasteiger partial charge in [-0.15, -0.1) is 11.3 Å². The van der Waals surface area contributed by atoms with Crippen LogP contribution in [0.15, 0.2) is 146 Å². The third-order valence-corrected chi connectivity index (χ3v) is 12.7. The Morgan fingerprint density at radius 2 is 1.34 bits per heavy atom. The van der Waals surface area contributed by atoms with Crippen molar-refractivity contribution in [2.24, 2.45) is 11.8 Å². The van der Waals surface area contributed by atoms with Gasteiger partial charge < -0.3 is 4.90 Å². The van der Waals surface area contributed by atoms with Crippen molar-refractivity contribution in [3.63, 3.8) is 0 Å². The molecule has 0 saturated heterocycles. The van der Waals surface area contributed by atoms with Crippen molar-refractivity contribution in [3.8, 4) is 22.4 Å². The van der Waals surface area contributed by atoms with Gasteiger partial charge in [-0.1, -0.05) is 85.3 Å². The van der Waals surface area contributed by atoms with Gasteiger partial charge in [0.15, 0.2) is 0 Å². The Hall–Kier alpha value is -5.25. The number of thiophene rings is 1. The fourth-order valence-electron chi connectivity index (χ4n) is 9.03. The summed E-state index contributed by atoms with van der Waals surface area (Å²) in [5.74, 6) is 2.52. The average molecular weight is 663 g/mol. The fraction of sp³-hybridized carbons (Fsp3) is 0.170. The molecule has 10 rings (SSSR count). The summed E-state index contributed by atoms with van der Waals surface area (Å²) in [4.78, 5) is 7.45. The summed E-state index contributed by atoms with van der Waals surface area (Å²) in [6, 6.07) is 51.4. The van der Waals surface area contributed by atoms with E-state index in [1.165, 1.54) is 79.0 Å². The van der Waals surface area contributed by atoms with Crippen LogP contribution < -0.4 is 4.90 Å². The summed E-state index contributed by atoms with van der Waals surface area (Å²) in [5, 5.41) is 5.14. The lowest BCUT2D eigenvalue weighted by atomic mass is 9.81. The molecule has 6 aromatic carbocycles. The third kappa shape index (κ3) is 5.11. The number of fused-ring (bicyclic) bond motifs is 6. The van der Waals surface area contributed by atoms with Crippen molar-refractivity contribution in [1.82, 2.24) is 4.98 Å². The molecule has 2 nitrogen and oxygen atoms in total. The molecule has 2 heterocycles. The topological polar surface area (TPSA) is 16.1 Å². The van der Waals surface area contributed by atoms with Gasteiger partial charge in [-0.2, -0.15) is 0 Å². The van der Waals surface area contributed by atoms with Crippen LogP contribution in [-0.4, -0.2) is 4.98 Å². The van der Waals surface area contributed by atoms with E-state index in [2.05, 4.69) is 151 Å². The SMILES string of the molecule is Cc1cc(N(c2ccc(-c3ccc4ccccc4c3)cc2)c2ccc(-c3ccc4sc5ccccc5c4c3)nc2)ccc1C1CC2CCC1C2. The van der Waals surface area contributed by atoms with Gasteiger partial charge in [0.25, 0.3) is 0 Å². The molecule has 0 N–H and O–H groups in total. The third-order valence-electron chi connectivity index (χ3n) is 11.5. The number of aryl methyl sites for hydroxylation is 1. The highest BCUT2D eigenvalue weighted by Gasteiger charge is 2.40. The molecule has 50 heavy (non-hydrogen) atoms. The van der Waals surface area contributed by atoms with Crippen molar-refractivity contribution < 1.29 is 0 Å². The summed E-state index contributed by atoms with van der Waals surface area (Å²) >= 11 is 1.85. The molecule has 2 fully saturated rings. The van der Waals surface area contributed by atoms with Crippen molar-refractivity contribution in [2.45, 2.75) is 38.5 Å². The summed E-state index contributed by atoms with van der Waals surface area (Å²) in [7, 11) is 0. The Morgan fingerprint density at radius 3 is 2.14 bits per heavy atom. The van der Waals surface area contributed by atoms with E-state index in [0.29, 0.717) is 0 Å². The number of pyridine rings is 1. The van der Waals surface area contributed by atoms with Crippen molar-refractivity contribution in [1.29, 1.82) is 0 Å². The van der Waals surface area contributed by atoms with Crippen LogP contribution in [0.3, 0.4) is 0 Å². The molecule has 8 aromatic rings. The zero-order valence-electron chi connectivity index (χ0n) is 28.2. The molecule has 0 spiro atoms. The minimum absolute atomic E-state index is 0.719. The summed E-state index contributed by atoms with van der Waals surface area (Å²) in [5.41, 5.74) is 10.9. The van der Waals surface area contributed by atoms with Gasteiger partial charge in [0.1, 0.15) is 0 Å². The molecular weight excluding hydrogens is 625 g/mol. The molecular formula is C47H38N2S. The number of benzene rings is 6. The number of anilines is 3. The first-order chi connectivity index (χ1) is 24.6. The van der Waals surface area contributed by atoms with Gasteiger partial charge >= 0.3 is 0 Å².